The summed E-state index contributed by atoms with van der Waals surface area (Å²) in [4.78, 5) is 12.4. The molecule has 118 valence electrons. The van der Waals surface area contributed by atoms with Crippen molar-refractivity contribution >= 4 is 11.4 Å². The van der Waals surface area contributed by atoms with Gasteiger partial charge in [0.15, 0.2) is 0 Å². The van der Waals surface area contributed by atoms with Crippen molar-refractivity contribution in [2.45, 2.75) is 19.6 Å². The van der Waals surface area contributed by atoms with Crippen LogP contribution in [-0.4, -0.2) is 50.0 Å². The molecule has 1 aromatic carbocycles. The van der Waals surface area contributed by atoms with Crippen molar-refractivity contribution in [1.82, 2.24) is 0 Å². The Morgan fingerprint density at radius 1 is 1.38 bits per heavy atom. The van der Waals surface area contributed by atoms with Gasteiger partial charge in [-0.15, -0.1) is 0 Å². The summed E-state index contributed by atoms with van der Waals surface area (Å²) in [7, 11) is 3.23. The van der Waals surface area contributed by atoms with Crippen molar-refractivity contribution in [3.63, 3.8) is 0 Å². The highest BCUT2D eigenvalue weighted by Crippen LogP contribution is 2.27. The number of non-ortho nitro benzene ring substituents is 1. The fraction of sp³-hybridized carbons (Fsp3) is 0.571. The lowest BCUT2D eigenvalue weighted by Crippen LogP contribution is -2.39. The third-order valence-corrected chi connectivity index (χ3v) is 3.23. The normalized spacial score (nSPS) is 12.2. The van der Waals surface area contributed by atoms with Gasteiger partial charge in [0.05, 0.1) is 24.7 Å². The zero-order chi connectivity index (χ0) is 15.8. The van der Waals surface area contributed by atoms with Gasteiger partial charge in [-0.2, -0.15) is 0 Å². The maximum atomic E-state index is 10.8. The van der Waals surface area contributed by atoms with E-state index >= 15 is 0 Å². The van der Waals surface area contributed by atoms with Crippen LogP contribution in [-0.2, 0) is 16.1 Å². The fourth-order valence-electron chi connectivity index (χ4n) is 2.19. The van der Waals surface area contributed by atoms with Crippen LogP contribution in [0.3, 0.4) is 0 Å². The summed E-state index contributed by atoms with van der Waals surface area (Å²) in [6.07, 6.45) is 0. The Hall–Kier alpha value is -1.70. The largest absolute Gasteiger partial charge is 0.392 e. The summed E-state index contributed by atoms with van der Waals surface area (Å²) in [6.45, 7) is 3.34. The maximum Gasteiger partial charge on any atom is 0.269 e. The summed E-state index contributed by atoms with van der Waals surface area (Å²) >= 11 is 0. The number of ether oxygens (including phenoxy) is 2. The topological polar surface area (TPSA) is 85.1 Å². The molecule has 7 nitrogen and oxygen atoms in total. The zero-order valence-electron chi connectivity index (χ0n) is 12.6. The second-order valence-corrected chi connectivity index (χ2v) is 4.72. The Bertz CT molecular complexity index is 467. The average Bonchev–Trinajstić information content (AvgIpc) is 2.47. The van der Waals surface area contributed by atoms with Gasteiger partial charge >= 0.3 is 0 Å². The zero-order valence-corrected chi connectivity index (χ0v) is 12.6. The number of hydrogen-bond donors (Lipinski definition) is 1. The van der Waals surface area contributed by atoms with Gasteiger partial charge in [0.2, 0.25) is 0 Å². The Morgan fingerprint density at radius 3 is 2.62 bits per heavy atom. The number of nitro benzene ring substituents is 1. The Labute approximate surface area is 124 Å². The first-order valence-electron chi connectivity index (χ1n) is 6.67. The Balaban J connectivity index is 3.13. The van der Waals surface area contributed by atoms with E-state index < -0.39 is 4.92 Å². The lowest BCUT2D eigenvalue weighted by molar-refractivity contribution is -0.384. The first-order chi connectivity index (χ1) is 10.0. The minimum absolute atomic E-state index is 0.0334. The molecule has 21 heavy (non-hydrogen) atoms. The van der Waals surface area contributed by atoms with Crippen molar-refractivity contribution in [3.8, 4) is 0 Å². The summed E-state index contributed by atoms with van der Waals surface area (Å²) in [5, 5.41) is 20.3. The smallest absolute Gasteiger partial charge is 0.269 e. The Morgan fingerprint density at radius 2 is 2.10 bits per heavy atom. The summed E-state index contributed by atoms with van der Waals surface area (Å²) < 4.78 is 10.3. The third kappa shape index (κ3) is 4.66. The van der Waals surface area contributed by atoms with E-state index in [1.165, 1.54) is 12.1 Å². The molecule has 0 heterocycles. The molecule has 0 radical (unpaired) electrons. The Kier molecular flexibility index (Phi) is 7.07. The van der Waals surface area contributed by atoms with E-state index in [4.69, 9.17) is 9.47 Å². The highest BCUT2D eigenvalue weighted by atomic mass is 16.6. The highest BCUT2D eigenvalue weighted by Gasteiger charge is 2.19. The van der Waals surface area contributed by atoms with Crippen LogP contribution < -0.4 is 4.90 Å². The van der Waals surface area contributed by atoms with Crippen LogP contribution in [0.2, 0.25) is 0 Å². The molecule has 0 fully saturated rings. The van der Waals surface area contributed by atoms with Gasteiger partial charge < -0.3 is 19.5 Å². The fourth-order valence-corrected chi connectivity index (χ4v) is 2.19. The van der Waals surface area contributed by atoms with E-state index in [9.17, 15) is 15.2 Å². The molecule has 1 atom stereocenters. The molecular formula is C14H22N2O5. The predicted molar refractivity (Wildman–Crippen MR) is 79.6 cm³/mol. The summed E-state index contributed by atoms with van der Waals surface area (Å²) in [5.41, 5.74) is 1.24. The molecule has 1 N–H and O–H groups in total. The van der Waals surface area contributed by atoms with Gasteiger partial charge in [0.25, 0.3) is 5.69 Å². The molecule has 1 unspecified atom stereocenters. The maximum absolute atomic E-state index is 10.8. The van der Waals surface area contributed by atoms with Crippen LogP contribution in [0.5, 0.6) is 0 Å². The van der Waals surface area contributed by atoms with Crippen LogP contribution in [0.15, 0.2) is 18.2 Å². The number of nitrogens with zero attached hydrogens (tertiary/aromatic N) is 2. The number of hydrogen-bond acceptors (Lipinski definition) is 6. The quantitative estimate of drug-likeness (QED) is 0.550. The predicted octanol–water partition coefficient (Wildman–Crippen LogP) is 1.57. The van der Waals surface area contributed by atoms with Crippen LogP contribution in [0, 0.1) is 10.1 Å². The number of aliphatic hydroxyl groups is 1. The molecular weight excluding hydrogens is 276 g/mol. The van der Waals surface area contributed by atoms with Gasteiger partial charge in [0.1, 0.15) is 0 Å². The molecule has 0 bridgehead atoms. The lowest BCUT2D eigenvalue weighted by atomic mass is 10.1. The molecule has 7 heteroatoms. The van der Waals surface area contributed by atoms with E-state index in [2.05, 4.69) is 0 Å². The van der Waals surface area contributed by atoms with E-state index in [0.717, 1.165) is 5.69 Å². The molecule has 0 aliphatic carbocycles. The third-order valence-electron chi connectivity index (χ3n) is 3.23. The molecule has 0 spiro atoms. The van der Waals surface area contributed by atoms with Gasteiger partial charge in [-0.3, -0.25) is 10.1 Å². The first-order valence-corrected chi connectivity index (χ1v) is 6.67. The molecule has 0 saturated carbocycles. The van der Waals surface area contributed by atoms with Crippen molar-refractivity contribution in [2.75, 3.05) is 38.9 Å². The second-order valence-electron chi connectivity index (χ2n) is 4.72. The number of nitro groups is 1. The van der Waals surface area contributed by atoms with Crippen LogP contribution in [0.1, 0.15) is 12.5 Å². The number of methoxy groups -OCH3 is 2. The number of aliphatic hydroxyl groups excluding tert-OH is 1. The van der Waals surface area contributed by atoms with Gasteiger partial charge in [-0.05, 0) is 13.0 Å². The van der Waals surface area contributed by atoms with Crippen molar-refractivity contribution in [2.24, 2.45) is 0 Å². The van der Waals surface area contributed by atoms with Crippen LogP contribution >= 0.6 is 0 Å². The summed E-state index contributed by atoms with van der Waals surface area (Å²) in [5.74, 6) is 0. The molecule has 0 amide bonds. The van der Waals surface area contributed by atoms with Gasteiger partial charge in [0, 0.05) is 50.2 Å². The van der Waals surface area contributed by atoms with E-state index in [1.54, 1.807) is 20.3 Å². The molecule has 0 aliphatic rings. The molecule has 1 aromatic rings. The van der Waals surface area contributed by atoms with Crippen LogP contribution in [0.4, 0.5) is 11.4 Å². The molecule has 1 rings (SSSR count). The average molecular weight is 298 g/mol. The van der Waals surface area contributed by atoms with E-state index in [0.29, 0.717) is 25.3 Å². The van der Waals surface area contributed by atoms with Crippen molar-refractivity contribution in [3.05, 3.63) is 33.9 Å². The SMILES string of the molecule is COCCN(c1ccc([N+](=O)[O-])cc1CO)C(C)COC. The highest BCUT2D eigenvalue weighted by molar-refractivity contribution is 5.58. The molecule has 0 aliphatic heterocycles. The molecule has 0 aromatic heterocycles. The standard InChI is InChI=1S/C14H22N2O5/c1-11(10-21-3)15(6-7-20-2)14-5-4-13(16(18)19)8-12(14)9-17/h4-5,8,11,17H,6-7,9-10H2,1-3H3. The van der Waals surface area contributed by atoms with Gasteiger partial charge in [-0.1, -0.05) is 0 Å². The van der Waals surface area contributed by atoms with Crippen LogP contribution in [0.25, 0.3) is 0 Å². The van der Waals surface area contributed by atoms with E-state index in [1.807, 2.05) is 11.8 Å². The van der Waals surface area contributed by atoms with Gasteiger partial charge in [-0.25, -0.2) is 0 Å². The summed E-state index contributed by atoms with van der Waals surface area (Å²) in [6, 6.07) is 4.55. The monoisotopic (exact) mass is 298 g/mol. The van der Waals surface area contributed by atoms with Crippen molar-refractivity contribution in [1.29, 1.82) is 0 Å². The molecule has 0 saturated heterocycles. The number of rotatable bonds is 9. The first kappa shape index (κ1) is 17.4. The number of anilines is 1. The minimum atomic E-state index is -0.471. The number of benzene rings is 1. The minimum Gasteiger partial charge on any atom is -0.392 e. The van der Waals surface area contributed by atoms with E-state index in [-0.39, 0.29) is 18.3 Å². The van der Waals surface area contributed by atoms with Crippen molar-refractivity contribution < 1.29 is 19.5 Å². The lowest BCUT2D eigenvalue weighted by Gasteiger charge is -2.32. The second kappa shape index (κ2) is 8.56.